The lowest BCUT2D eigenvalue weighted by Crippen LogP contribution is -2.53. The summed E-state index contributed by atoms with van der Waals surface area (Å²) in [5, 5.41) is 22.1. The van der Waals surface area contributed by atoms with Crippen molar-refractivity contribution < 1.29 is 38.8 Å². The molecule has 2 aliphatic heterocycles. The molecule has 46 heavy (non-hydrogen) atoms. The molecule has 260 valence electrons. The number of carbonyl (C=O) groups is 3. The van der Waals surface area contributed by atoms with Crippen LogP contribution in [-0.2, 0) is 23.8 Å². The molecule has 0 aromatic rings. The number of ether oxygens (including phenoxy) is 3. The summed E-state index contributed by atoms with van der Waals surface area (Å²) in [5.41, 5.74) is -0.665. The molecule has 0 unspecified atom stereocenters. The van der Waals surface area contributed by atoms with Gasteiger partial charge in [0, 0.05) is 44.6 Å². The third-order valence-electron chi connectivity index (χ3n) is 9.74. The van der Waals surface area contributed by atoms with E-state index in [1.807, 2.05) is 45.1 Å². The fourth-order valence-electron chi connectivity index (χ4n) is 6.56. The zero-order valence-electron chi connectivity index (χ0n) is 28.7. The Kier molecular flexibility index (Phi) is 15.3. The maximum atomic E-state index is 13.4. The Morgan fingerprint density at radius 2 is 1.78 bits per heavy atom. The van der Waals surface area contributed by atoms with Crippen molar-refractivity contribution in [2.45, 2.75) is 128 Å². The van der Waals surface area contributed by atoms with E-state index in [9.17, 15) is 24.6 Å². The van der Waals surface area contributed by atoms with Gasteiger partial charge in [-0.25, -0.2) is 4.79 Å². The Bertz CT molecular complexity index is 1070. The summed E-state index contributed by atoms with van der Waals surface area (Å²) in [6, 6.07) is 0.591. The zero-order chi connectivity index (χ0) is 33.7. The van der Waals surface area contributed by atoms with Crippen molar-refractivity contribution in [1.29, 1.82) is 0 Å². The van der Waals surface area contributed by atoms with Crippen LogP contribution in [0.3, 0.4) is 0 Å². The first-order chi connectivity index (χ1) is 21.9. The van der Waals surface area contributed by atoms with Crippen LogP contribution < -0.4 is 0 Å². The fourth-order valence-corrected chi connectivity index (χ4v) is 6.56. The molecule has 0 aromatic heterocycles. The SMILES string of the molecule is COC(=O)CC[C@@H](C)/C=C/C=C(\C)[C@H]1OC(=O)C[C@@H](O)CC[C@](C)(O)[C@@H](OC(=O)N2CCN(C3CCCCCC3)CC2)/C=C/[C@@H]1C. The van der Waals surface area contributed by atoms with Crippen LogP contribution in [0.2, 0.25) is 0 Å². The van der Waals surface area contributed by atoms with E-state index >= 15 is 0 Å². The van der Waals surface area contributed by atoms with Gasteiger partial charge in [0.05, 0.1) is 19.6 Å². The second-order valence-corrected chi connectivity index (χ2v) is 13.8. The molecule has 3 rings (SSSR count). The predicted octanol–water partition coefficient (Wildman–Crippen LogP) is 5.32. The van der Waals surface area contributed by atoms with Gasteiger partial charge in [0.1, 0.15) is 11.7 Å². The van der Waals surface area contributed by atoms with Gasteiger partial charge in [-0.05, 0) is 63.5 Å². The molecule has 10 nitrogen and oxygen atoms in total. The van der Waals surface area contributed by atoms with Crippen LogP contribution in [0.5, 0.6) is 0 Å². The number of amides is 1. The van der Waals surface area contributed by atoms with E-state index < -0.39 is 36.0 Å². The summed E-state index contributed by atoms with van der Waals surface area (Å²) in [6.45, 7) is 10.2. The van der Waals surface area contributed by atoms with Crippen molar-refractivity contribution in [2.24, 2.45) is 11.8 Å². The van der Waals surface area contributed by atoms with Crippen molar-refractivity contribution >= 4 is 18.0 Å². The third kappa shape index (κ3) is 12.2. The Balaban J connectivity index is 1.71. The average Bonchev–Trinajstić information content (AvgIpc) is 3.32. The van der Waals surface area contributed by atoms with Crippen molar-refractivity contribution in [2.75, 3.05) is 33.3 Å². The molecular formula is C36H58N2O8. The molecule has 1 amide bonds. The second-order valence-electron chi connectivity index (χ2n) is 13.8. The average molecular weight is 647 g/mol. The number of esters is 2. The molecule has 2 N–H and O–H groups in total. The van der Waals surface area contributed by atoms with E-state index in [0.717, 1.165) is 18.7 Å². The number of aliphatic hydroxyl groups excluding tert-OH is 1. The highest BCUT2D eigenvalue weighted by atomic mass is 16.6. The maximum absolute atomic E-state index is 13.4. The molecule has 0 bridgehead atoms. The largest absolute Gasteiger partial charge is 0.469 e. The molecule has 2 fully saturated rings. The number of piperazine rings is 1. The van der Waals surface area contributed by atoms with Crippen LogP contribution in [-0.4, -0.2) is 101 Å². The van der Waals surface area contributed by atoms with Gasteiger partial charge in [0.2, 0.25) is 0 Å². The van der Waals surface area contributed by atoms with E-state index in [2.05, 4.69) is 4.90 Å². The first-order valence-corrected chi connectivity index (χ1v) is 17.3. The molecule has 0 radical (unpaired) electrons. The molecule has 1 saturated heterocycles. The topological polar surface area (TPSA) is 126 Å². The Labute approximate surface area is 275 Å². The molecule has 3 aliphatic rings. The van der Waals surface area contributed by atoms with Crippen LogP contribution in [0.1, 0.15) is 98.3 Å². The Morgan fingerprint density at radius 1 is 1.11 bits per heavy atom. The number of carbonyl (C=O) groups excluding carboxylic acids is 3. The first kappa shape index (κ1) is 37.8. The van der Waals surface area contributed by atoms with Crippen LogP contribution >= 0.6 is 0 Å². The molecule has 10 heteroatoms. The monoisotopic (exact) mass is 646 g/mol. The Morgan fingerprint density at radius 3 is 2.43 bits per heavy atom. The van der Waals surface area contributed by atoms with Gasteiger partial charge in [-0.15, -0.1) is 0 Å². The van der Waals surface area contributed by atoms with Crippen molar-refractivity contribution in [3.63, 3.8) is 0 Å². The van der Waals surface area contributed by atoms with Crippen LogP contribution in [0.25, 0.3) is 0 Å². The number of hydrogen-bond donors (Lipinski definition) is 2. The third-order valence-corrected chi connectivity index (χ3v) is 9.74. The number of allylic oxidation sites excluding steroid dienone is 3. The number of rotatable bonds is 8. The van der Waals surface area contributed by atoms with Crippen LogP contribution in [0, 0.1) is 11.8 Å². The zero-order valence-corrected chi connectivity index (χ0v) is 28.7. The first-order valence-electron chi connectivity index (χ1n) is 17.3. The van der Waals surface area contributed by atoms with E-state index in [4.69, 9.17) is 14.2 Å². The van der Waals surface area contributed by atoms with E-state index in [1.165, 1.54) is 45.6 Å². The molecule has 2 heterocycles. The van der Waals surface area contributed by atoms with Crippen molar-refractivity contribution in [3.05, 3.63) is 36.0 Å². The minimum Gasteiger partial charge on any atom is -0.469 e. The molecule has 6 atom stereocenters. The van der Waals surface area contributed by atoms with Gasteiger partial charge in [-0.3, -0.25) is 14.5 Å². The van der Waals surface area contributed by atoms with Crippen LogP contribution in [0.4, 0.5) is 4.79 Å². The van der Waals surface area contributed by atoms with Crippen molar-refractivity contribution in [1.82, 2.24) is 9.80 Å². The lowest BCUT2D eigenvalue weighted by atomic mass is 9.88. The Hall–Kier alpha value is -2.69. The standard InChI is InChI=1S/C36H58N2O8/c1-26(15-18-32(40)44-5)11-10-12-27(2)34-28(3)16-17-31(36(4,43)20-19-30(39)25-33(41)46-34)45-35(42)38-23-21-37(22-24-38)29-13-8-6-7-9-14-29/h10-12,16-17,26,28-31,34,39,43H,6-9,13-15,18-25H2,1-5H3/b11-10+,17-16+,27-12+/t26-,28-,30-,31-,34+,36-/m0/s1. The number of methoxy groups -OCH3 is 1. The second kappa shape index (κ2) is 18.6. The van der Waals surface area contributed by atoms with Crippen molar-refractivity contribution in [3.8, 4) is 0 Å². The highest BCUT2D eigenvalue weighted by Crippen LogP contribution is 2.28. The highest BCUT2D eigenvalue weighted by Gasteiger charge is 2.37. The minimum absolute atomic E-state index is 0.134. The fraction of sp³-hybridized carbons (Fsp3) is 0.750. The van der Waals surface area contributed by atoms with E-state index in [1.54, 1.807) is 17.9 Å². The summed E-state index contributed by atoms with van der Waals surface area (Å²) in [6.07, 6.45) is 14.9. The van der Waals surface area contributed by atoms with Gasteiger partial charge < -0.3 is 29.3 Å². The summed E-state index contributed by atoms with van der Waals surface area (Å²) < 4.78 is 16.5. The molecule has 0 spiro atoms. The molecule has 0 aromatic carbocycles. The van der Waals surface area contributed by atoms with E-state index in [0.29, 0.717) is 32.0 Å². The normalized spacial score (nSPS) is 31.2. The van der Waals surface area contributed by atoms with Gasteiger partial charge in [0.25, 0.3) is 0 Å². The number of hydrogen-bond acceptors (Lipinski definition) is 9. The van der Waals surface area contributed by atoms with Gasteiger partial charge in [-0.2, -0.15) is 0 Å². The highest BCUT2D eigenvalue weighted by molar-refractivity contribution is 5.70. The minimum atomic E-state index is -1.46. The lowest BCUT2D eigenvalue weighted by molar-refractivity contribution is -0.151. The maximum Gasteiger partial charge on any atom is 0.410 e. The predicted molar refractivity (Wildman–Crippen MR) is 177 cm³/mol. The summed E-state index contributed by atoms with van der Waals surface area (Å²) in [5.74, 6) is -0.938. The molecule has 1 saturated carbocycles. The van der Waals surface area contributed by atoms with Gasteiger partial charge >= 0.3 is 18.0 Å². The van der Waals surface area contributed by atoms with Gasteiger partial charge in [0.15, 0.2) is 6.10 Å². The number of nitrogens with zero attached hydrogens (tertiary/aromatic N) is 2. The molecular weight excluding hydrogens is 588 g/mol. The summed E-state index contributed by atoms with van der Waals surface area (Å²) in [4.78, 5) is 41.9. The van der Waals surface area contributed by atoms with Gasteiger partial charge in [-0.1, -0.05) is 63.8 Å². The summed E-state index contributed by atoms with van der Waals surface area (Å²) >= 11 is 0. The molecule has 1 aliphatic carbocycles. The van der Waals surface area contributed by atoms with E-state index in [-0.39, 0.29) is 37.1 Å². The summed E-state index contributed by atoms with van der Waals surface area (Å²) in [7, 11) is 1.38. The quantitative estimate of drug-likeness (QED) is 0.118. The smallest absolute Gasteiger partial charge is 0.410 e. The van der Waals surface area contributed by atoms with Crippen LogP contribution in [0.15, 0.2) is 36.0 Å². The lowest BCUT2D eigenvalue weighted by Gasteiger charge is -2.40. The number of aliphatic hydroxyl groups is 2. The number of cyclic esters (lactones) is 1.